The van der Waals surface area contributed by atoms with Crippen LogP contribution in [0.2, 0.25) is 0 Å². The molecule has 2 aliphatic rings. The first-order chi connectivity index (χ1) is 12.4. The number of nitrogens with one attached hydrogen (secondary N) is 1. The Morgan fingerprint density at radius 2 is 1.84 bits per heavy atom. The fraction of sp³-hybridized carbons (Fsp3) is 0.238. The molecular formula is C21H20N4. The summed E-state index contributed by atoms with van der Waals surface area (Å²) in [6, 6.07) is 13.0. The molecule has 1 saturated heterocycles. The average Bonchev–Trinajstić information content (AvgIpc) is 3.07. The second-order valence-corrected chi connectivity index (χ2v) is 6.68. The van der Waals surface area contributed by atoms with E-state index in [1.807, 2.05) is 18.6 Å². The summed E-state index contributed by atoms with van der Waals surface area (Å²) in [5, 5.41) is 3.41. The van der Waals surface area contributed by atoms with Crippen molar-refractivity contribution in [3.63, 3.8) is 0 Å². The highest BCUT2D eigenvalue weighted by molar-refractivity contribution is 5.89. The van der Waals surface area contributed by atoms with E-state index >= 15 is 0 Å². The smallest absolute Gasteiger partial charge is 0.0559 e. The molecule has 4 heteroatoms. The lowest BCUT2D eigenvalue weighted by Gasteiger charge is -2.29. The summed E-state index contributed by atoms with van der Waals surface area (Å²) in [5.74, 6) is 0. The summed E-state index contributed by atoms with van der Waals surface area (Å²) >= 11 is 0. The standard InChI is InChI=1S/C21H20N4/c1-2-4-18-15(3-1)12-20-21(18)19(5-6-24-20)16-11-17(14-23-13-16)25-9-7-22-8-10-25/h1-6,11,13-14,22H,7-10,12H2. The van der Waals surface area contributed by atoms with Crippen molar-refractivity contribution in [3.05, 3.63) is 66.2 Å². The van der Waals surface area contributed by atoms with Crippen molar-refractivity contribution in [2.45, 2.75) is 6.42 Å². The third kappa shape index (κ3) is 2.50. The van der Waals surface area contributed by atoms with Crippen LogP contribution in [0.3, 0.4) is 0 Å². The Kier molecular flexibility index (Phi) is 3.49. The van der Waals surface area contributed by atoms with E-state index in [-0.39, 0.29) is 0 Å². The molecule has 0 radical (unpaired) electrons. The molecule has 0 unspecified atom stereocenters. The number of rotatable bonds is 2. The molecule has 124 valence electrons. The summed E-state index contributed by atoms with van der Waals surface area (Å²) in [6.07, 6.45) is 6.80. The minimum atomic E-state index is 0.921. The van der Waals surface area contributed by atoms with Gasteiger partial charge in [0.15, 0.2) is 0 Å². The zero-order valence-electron chi connectivity index (χ0n) is 14.1. The Hall–Kier alpha value is -2.72. The van der Waals surface area contributed by atoms with Crippen LogP contribution < -0.4 is 10.2 Å². The van der Waals surface area contributed by atoms with Crippen LogP contribution in [0.1, 0.15) is 11.3 Å². The quantitative estimate of drug-likeness (QED) is 0.614. The summed E-state index contributed by atoms with van der Waals surface area (Å²) in [5.41, 5.74) is 8.74. The molecular weight excluding hydrogens is 308 g/mol. The van der Waals surface area contributed by atoms with E-state index in [2.05, 4.69) is 56.6 Å². The fourth-order valence-corrected chi connectivity index (χ4v) is 3.95. The van der Waals surface area contributed by atoms with E-state index in [0.29, 0.717) is 0 Å². The summed E-state index contributed by atoms with van der Waals surface area (Å²) in [6.45, 7) is 4.12. The lowest BCUT2D eigenvalue weighted by Crippen LogP contribution is -2.43. The van der Waals surface area contributed by atoms with Gasteiger partial charge in [0, 0.05) is 56.1 Å². The van der Waals surface area contributed by atoms with Crippen LogP contribution in [0.4, 0.5) is 5.69 Å². The van der Waals surface area contributed by atoms with Crippen LogP contribution >= 0.6 is 0 Å². The molecule has 1 aromatic carbocycles. The van der Waals surface area contributed by atoms with Gasteiger partial charge in [-0.3, -0.25) is 9.97 Å². The number of aromatic nitrogens is 2. The first-order valence-electron chi connectivity index (χ1n) is 8.87. The first-order valence-corrected chi connectivity index (χ1v) is 8.87. The van der Waals surface area contributed by atoms with E-state index in [1.54, 1.807) is 0 Å². The number of piperazine rings is 1. The third-order valence-corrected chi connectivity index (χ3v) is 5.19. The summed E-state index contributed by atoms with van der Waals surface area (Å²) in [7, 11) is 0. The minimum absolute atomic E-state index is 0.921. The maximum absolute atomic E-state index is 4.63. The number of hydrogen-bond acceptors (Lipinski definition) is 4. The van der Waals surface area contributed by atoms with Gasteiger partial charge in [-0.1, -0.05) is 24.3 Å². The average molecular weight is 328 g/mol. The van der Waals surface area contributed by atoms with Crippen molar-refractivity contribution >= 4 is 5.69 Å². The van der Waals surface area contributed by atoms with Gasteiger partial charge in [-0.15, -0.1) is 0 Å². The summed E-state index contributed by atoms with van der Waals surface area (Å²) < 4.78 is 0. The minimum Gasteiger partial charge on any atom is -0.368 e. The highest BCUT2D eigenvalue weighted by Gasteiger charge is 2.23. The second-order valence-electron chi connectivity index (χ2n) is 6.68. The third-order valence-electron chi connectivity index (χ3n) is 5.19. The molecule has 1 N–H and O–H groups in total. The van der Waals surface area contributed by atoms with Crippen LogP contribution in [-0.4, -0.2) is 36.1 Å². The van der Waals surface area contributed by atoms with Crippen LogP contribution in [0.5, 0.6) is 0 Å². The molecule has 3 heterocycles. The van der Waals surface area contributed by atoms with Crippen molar-refractivity contribution in [2.24, 2.45) is 0 Å². The molecule has 25 heavy (non-hydrogen) atoms. The molecule has 5 rings (SSSR count). The maximum Gasteiger partial charge on any atom is 0.0559 e. The van der Waals surface area contributed by atoms with Gasteiger partial charge in [0.1, 0.15) is 0 Å². The maximum atomic E-state index is 4.63. The Morgan fingerprint density at radius 3 is 2.76 bits per heavy atom. The predicted molar refractivity (Wildman–Crippen MR) is 101 cm³/mol. The first kappa shape index (κ1) is 14.6. The molecule has 3 aromatic rings. The zero-order valence-corrected chi connectivity index (χ0v) is 14.1. The van der Waals surface area contributed by atoms with E-state index in [0.717, 1.165) is 32.6 Å². The Labute approximate surface area is 147 Å². The van der Waals surface area contributed by atoms with Crippen molar-refractivity contribution in [1.82, 2.24) is 15.3 Å². The Balaban J connectivity index is 1.61. The van der Waals surface area contributed by atoms with Crippen molar-refractivity contribution < 1.29 is 0 Å². The van der Waals surface area contributed by atoms with E-state index in [9.17, 15) is 0 Å². The molecule has 4 nitrogen and oxygen atoms in total. The zero-order chi connectivity index (χ0) is 16.6. The number of pyridine rings is 2. The fourth-order valence-electron chi connectivity index (χ4n) is 3.95. The molecule has 0 atom stereocenters. The van der Waals surface area contributed by atoms with E-state index < -0.39 is 0 Å². The lowest BCUT2D eigenvalue weighted by atomic mass is 9.97. The molecule has 1 fully saturated rings. The van der Waals surface area contributed by atoms with Crippen LogP contribution in [0, 0.1) is 0 Å². The monoisotopic (exact) mass is 328 g/mol. The molecule has 1 aliphatic heterocycles. The topological polar surface area (TPSA) is 41.1 Å². The van der Waals surface area contributed by atoms with Gasteiger partial charge < -0.3 is 10.2 Å². The van der Waals surface area contributed by atoms with Gasteiger partial charge in [0.25, 0.3) is 0 Å². The van der Waals surface area contributed by atoms with E-state index in [4.69, 9.17) is 0 Å². The van der Waals surface area contributed by atoms with Gasteiger partial charge in [-0.25, -0.2) is 0 Å². The highest BCUT2D eigenvalue weighted by Crippen LogP contribution is 2.42. The van der Waals surface area contributed by atoms with Crippen molar-refractivity contribution in [3.8, 4) is 22.3 Å². The number of nitrogens with zero attached hydrogens (tertiary/aromatic N) is 3. The summed E-state index contributed by atoms with van der Waals surface area (Å²) in [4.78, 5) is 11.6. The van der Waals surface area contributed by atoms with Crippen LogP contribution in [-0.2, 0) is 6.42 Å². The number of fused-ring (bicyclic) bond motifs is 3. The van der Waals surface area contributed by atoms with Gasteiger partial charge >= 0.3 is 0 Å². The highest BCUT2D eigenvalue weighted by atomic mass is 15.2. The van der Waals surface area contributed by atoms with E-state index in [1.165, 1.54) is 39.2 Å². The molecule has 0 spiro atoms. The SMILES string of the molecule is c1ccc2c(c1)Cc1nccc(-c3cncc(N4CCNCC4)c3)c1-2. The predicted octanol–water partition coefficient (Wildman–Crippen LogP) is 3.12. The van der Waals surface area contributed by atoms with Gasteiger partial charge in [0.2, 0.25) is 0 Å². The van der Waals surface area contributed by atoms with Crippen LogP contribution in [0.25, 0.3) is 22.3 Å². The molecule has 1 aliphatic carbocycles. The number of anilines is 1. The van der Waals surface area contributed by atoms with Crippen molar-refractivity contribution in [2.75, 3.05) is 31.1 Å². The molecule has 0 bridgehead atoms. The van der Waals surface area contributed by atoms with Crippen LogP contribution in [0.15, 0.2) is 55.0 Å². The van der Waals surface area contributed by atoms with Gasteiger partial charge in [0.05, 0.1) is 17.6 Å². The Bertz CT molecular complexity index is 929. The van der Waals surface area contributed by atoms with Gasteiger partial charge in [-0.05, 0) is 28.8 Å². The largest absolute Gasteiger partial charge is 0.368 e. The normalized spacial score (nSPS) is 15.8. The molecule has 0 saturated carbocycles. The lowest BCUT2D eigenvalue weighted by molar-refractivity contribution is 0.589. The number of benzene rings is 1. The van der Waals surface area contributed by atoms with Crippen molar-refractivity contribution in [1.29, 1.82) is 0 Å². The number of hydrogen-bond donors (Lipinski definition) is 1. The molecule has 0 amide bonds. The Morgan fingerprint density at radius 1 is 0.960 bits per heavy atom. The molecule has 2 aromatic heterocycles. The van der Waals surface area contributed by atoms with Gasteiger partial charge in [-0.2, -0.15) is 0 Å². The second kappa shape index (κ2) is 5.97.